The Morgan fingerprint density at radius 2 is 1.69 bits per heavy atom. The lowest BCUT2D eigenvalue weighted by Gasteiger charge is -2.08. The summed E-state index contributed by atoms with van der Waals surface area (Å²) in [5.41, 5.74) is 2.65. The van der Waals surface area contributed by atoms with E-state index >= 15 is 0 Å². The Hall–Kier alpha value is -4.20. The second-order valence-electron chi connectivity index (χ2n) is 7.79. The molecule has 32 heavy (non-hydrogen) atoms. The van der Waals surface area contributed by atoms with Crippen LogP contribution in [0.4, 0.5) is 11.5 Å². The van der Waals surface area contributed by atoms with E-state index in [1.54, 1.807) is 27.8 Å². The van der Waals surface area contributed by atoms with E-state index in [4.69, 9.17) is 0 Å². The van der Waals surface area contributed by atoms with Crippen LogP contribution in [0.2, 0.25) is 0 Å². The number of nitrogens with one attached hydrogen (secondary N) is 2. The van der Waals surface area contributed by atoms with Gasteiger partial charge in [-0.2, -0.15) is 10.2 Å². The first-order valence-electron chi connectivity index (χ1n) is 10.5. The highest BCUT2D eigenvalue weighted by molar-refractivity contribution is 6.04. The molecule has 0 radical (unpaired) electrons. The van der Waals surface area contributed by atoms with Gasteiger partial charge in [-0.3, -0.25) is 14.3 Å². The summed E-state index contributed by atoms with van der Waals surface area (Å²) in [5, 5.41) is 14.5. The largest absolute Gasteiger partial charge is 0.318 e. The molecule has 0 aliphatic heterocycles. The normalized spacial score (nSPS) is 13.0. The zero-order valence-electron chi connectivity index (χ0n) is 17.3. The molecule has 2 amide bonds. The highest BCUT2D eigenvalue weighted by Gasteiger charge is 2.30. The summed E-state index contributed by atoms with van der Waals surface area (Å²) in [6.07, 6.45) is 5.16. The second kappa shape index (κ2) is 8.50. The monoisotopic (exact) mass is 426 g/mol. The molecule has 1 aliphatic carbocycles. The van der Waals surface area contributed by atoms with Crippen molar-refractivity contribution in [2.45, 2.75) is 19.4 Å². The Morgan fingerprint density at radius 3 is 2.41 bits per heavy atom. The Balaban J connectivity index is 1.34. The van der Waals surface area contributed by atoms with Gasteiger partial charge in [0.25, 0.3) is 5.91 Å². The van der Waals surface area contributed by atoms with E-state index in [2.05, 4.69) is 20.8 Å². The topological polar surface area (TPSA) is 93.8 Å². The third-order valence-electron chi connectivity index (χ3n) is 5.22. The fourth-order valence-corrected chi connectivity index (χ4v) is 3.40. The van der Waals surface area contributed by atoms with Crippen LogP contribution in [-0.4, -0.2) is 31.4 Å². The third kappa shape index (κ3) is 4.44. The van der Waals surface area contributed by atoms with E-state index in [0.29, 0.717) is 18.1 Å². The number of carbonyl (C=O) groups excluding carboxylic acids is 2. The fourth-order valence-electron chi connectivity index (χ4n) is 3.40. The average molecular weight is 426 g/mol. The van der Waals surface area contributed by atoms with Crippen LogP contribution in [0.25, 0.3) is 5.69 Å². The van der Waals surface area contributed by atoms with E-state index in [1.165, 1.54) is 0 Å². The lowest BCUT2D eigenvalue weighted by atomic mass is 10.2. The molecule has 0 unspecified atom stereocenters. The van der Waals surface area contributed by atoms with E-state index in [0.717, 1.165) is 24.1 Å². The molecule has 0 atom stereocenters. The van der Waals surface area contributed by atoms with Crippen molar-refractivity contribution in [2.75, 3.05) is 10.6 Å². The number of benzene rings is 2. The van der Waals surface area contributed by atoms with E-state index in [1.807, 2.05) is 60.7 Å². The predicted octanol–water partition coefficient (Wildman–Crippen LogP) is 3.72. The minimum atomic E-state index is -0.374. The van der Waals surface area contributed by atoms with Gasteiger partial charge in [-0.15, -0.1) is 0 Å². The van der Waals surface area contributed by atoms with Gasteiger partial charge in [0.2, 0.25) is 5.91 Å². The Bertz CT molecular complexity index is 1240. The summed E-state index contributed by atoms with van der Waals surface area (Å²) in [6, 6.07) is 21.0. The lowest BCUT2D eigenvalue weighted by molar-refractivity contribution is -0.117. The molecule has 1 fully saturated rings. The molecule has 160 valence electrons. The van der Waals surface area contributed by atoms with Gasteiger partial charge in [-0.1, -0.05) is 48.5 Å². The predicted molar refractivity (Wildman–Crippen MR) is 121 cm³/mol. The van der Waals surface area contributed by atoms with Crippen LogP contribution in [0.5, 0.6) is 0 Å². The minimum Gasteiger partial charge on any atom is -0.318 e. The first kappa shape index (κ1) is 19.7. The van der Waals surface area contributed by atoms with Crippen molar-refractivity contribution in [2.24, 2.45) is 5.92 Å². The van der Waals surface area contributed by atoms with Crippen molar-refractivity contribution in [3.8, 4) is 5.69 Å². The van der Waals surface area contributed by atoms with Crippen molar-refractivity contribution in [1.82, 2.24) is 19.6 Å². The molecule has 2 heterocycles. The highest BCUT2D eigenvalue weighted by atomic mass is 16.2. The zero-order chi connectivity index (χ0) is 21.9. The summed E-state index contributed by atoms with van der Waals surface area (Å²) in [6.45, 7) is 0.608. The van der Waals surface area contributed by atoms with Crippen LogP contribution in [-0.2, 0) is 11.3 Å². The molecule has 0 saturated heterocycles. The van der Waals surface area contributed by atoms with Gasteiger partial charge in [-0.25, -0.2) is 4.68 Å². The second-order valence-corrected chi connectivity index (χ2v) is 7.79. The quantitative estimate of drug-likeness (QED) is 0.471. The molecule has 8 heteroatoms. The van der Waals surface area contributed by atoms with Crippen LogP contribution >= 0.6 is 0 Å². The van der Waals surface area contributed by atoms with Gasteiger partial charge in [0.1, 0.15) is 5.82 Å². The molecule has 2 aromatic heterocycles. The number of hydrogen-bond donors (Lipinski definition) is 2. The average Bonchev–Trinajstić information content (AvgIpc) is 3.45. The van der Waals surface area contributed by atoms with Crippen molar-refractivity contribution < 1.29 is 9.59 Å². The van der Waals surface area contributed by atoms with Gasteiger partial charge < -0.3 is 10.6 Å². The third-order valence-corrected chi connectivity index (χ3v) is 5.22. The number of amides is 2. The fraction of sp³-hybridized carbons (Fsp3) is 0.167. The Labute approximate surface area is 184 Å². The molecule has 0 bridgehead atoms. The Morgan fingerprint density at radius 1 is 0.969 bits per heavy atom. The van der Waals surface area contributed by atoms with E-state index in [-0.39, 0.29) is 23.4 Å². The van der Waals surface area contributed by atoms with Crippen molar-refractivity contribution in [1.29, 1.82) is 0 Å². The number of para-hydroxylation sites is 1. The molecule has 2 N–H and O–H groups in total. The summed E-state index contributed by atoms with van der Waals surface area (Å²) >= 11 is 0. The minimum absolute atomic E-state index is 0.0434. The maximum absolute atomic E-state index is 12.9. The van der Waals surface area contributed by atoms with Crippen molar-refractivity contribution >= 4 is 23.3 Å². The smallest absolute Gasteiger partial charge is 0.276 e. The SMILES string of the molecule is O=C(Nc1cnn(Cc2ccccc2)c1)c1cc(NC(=O)C2CC2)n(-c2ccccc2)n1. The molecule has 1 saturated carbocycles. The molecule has 5 rings (SSSR count). The molecule has 8 nitrogen and oxygen atoms in total. The number of rotatable bonds is 7. The number of nitrogens with zero attached hydrogens (tertiary/aromatic N) is 4. The maximum atomic E-state index is 12.9. The molecule has 4 aromatic rings. The molecular formula is C24H22N6O2. The lowest BCUT2D eigenvalue weighted by Crippen LogP contribution is -2.16. The van der Waals surface area contributed by atoms with Crippen LogP contribution in [0.1, 0.15) is 28.9 Å². The summed E-state index contributed by atoms with van der Waals surface area (Å²) in [7, 11) is 0. The van der Waals surface area contributed by atoms with Crippen molar-refractivity contribution in [3.05, 3.63) is 90.4 Å². The molecule has 0 spiro atoms. The summed E-state index contributed by atoms with van der Waals surface area (Å²) < 4.78 is 3.34. The van der Waals surface area contributed by atoms with Gasteiger partial charge in [-0.05, 0) is 30.5 Å². The van der Waals surface area contributed by atoms with Gasteiger partial charge in [0.15, 0.2) is 5.69 Å². The van der Waals surface area contributed by atoms with Gasteiger partial charge in [0, 0.05) is 18.2 Å². The summed E-state index contributed by atoms with van der Waals surface area (Å²) in [5.74, 6) is 0.0944. The zero-order valence-corrected chi connectivity index (χ0v) is 17.3. The molecule has 1 aliphatic rings. The molecular weight excluding hydrogens is 404 g/mol. The van der Waals surface area contributed by atoms with Crippen LogP contribution in [0.3, 0.4) is 0 Å². The molecule has 2 aromatic carbocycles. The number of carbonyl (C=O) groups is 2. The summed E-state index contributed by atoms with van der Waals surface area (Å²) in [4.78, 5) is 25.2. The van der Waals surface area contributed by atoms with Crippen LogP contribution < -0.4 is 10.6 Å². The maximum Gasteiger partial charge on any atom is 0.276 e. The highest BCUT2D eigenvalue weighted by Crippen LogP contribution is 2.30. The van der Waals surface area contributed by atoms with Crippen molar-refractivity contribution in [3.63, 3.8) is 0 Å². The number of anilines is 2. The van der Waals surface area contributed by atoms with Gasteiger partial charge >= 0.3 is 0 Å². The van der Waals surface area contributed by atoms with Gasteiger partial charge in [0.05, 0.1) is 24.1 Å². The first-order valence-corrected chi connectivity index (χ1v) is 10.5. The van der Waals surface area contributed by atoms with Crippen LogP contribution in [0.15, 0.2) is 79.1 Å². The van der Waals surface area contributed by atoms with E-state index < -0.39 is 0 Å². The number of hydrogen-bond acceptors (Lipinski definition) is 4. The Kier molecular flexibility index (Phi) is 5.25. The first-order chi connectivity index (χ1) is 15.7. The standard InChI is InChI=1S/C24H22N6O2/c31-23(18-11-12-18)27-22-13-21(28-30(22)20-9-5-2-6-10-20)24(32)26-19-14-25-29(16-19)15-17-7-3-1-4-8-17/h1-10,13-14,16,18H,11-12,15H2,(H,26,32)(H,27,31). The number of aromatic nitrogens is 4. The van der Waals surface area contributed by atoms with Crippen LogP contribution in [0, 0.1) is 5.92 Å². The van der Waals surface area contributed by atoms with E-state index in [9.17, 15) is 9.59 Å².